The number of benzene rings is 11. The van der Waals surface area contributed by atoms with Gasteiger partial charge in [0.2, 0.25) is 0 Å². The Labute approximate surface area is 265 Å². The molecule has 210 valence electrons. The Balaban J connectivity index is 1.11. The summed E-state index contributed by atoms with van der Waals surface area (Å²) in [6.45, 7) is 0. The number of rotatable bonds is 2. The van der Waals surface area contributed by atoms with Crippen LogP contribution >= 0.6 is 0 Å². The van der Waals surface area contributed by atoms with Crippen molar-refractivity contribution in [1.29, 1.82) is 0 Å². The Morgan fingerprint density at radius 2 is 0.609 bits per heavy atom. The summed E-state index contributed by atoms with van der Waals surface area (Å²) in [5.41, 5.74) is 5.09. The molecular weight excluding hydrogens is 553 g/mol. The second-order valence-electron chi connectivity index (χ2n) is 12.9. The SMILES string of the molecule is c1cc2ccc3ccc(-c4ccc5c(ccc6ccc(-c7ccc8ccc9cccc%10ccc7c8c9%10)cc65)c4)c4ccc(c1)c2c34. The maximum absolute atomic E-state index is 2.40. The van der Waals surface area contributed by atoms with E-state index in [-0.39, 0.29) is 0 Å². The zero-order chi connectivity index (χ0) is 29.9. The van der Waals surface area contributed by atoms with E-state index in [0.717, 1.165) is 0 Å². The van der Waals surface area contributed by atoms with E-state index in [1.807, 2.05) is 0 Å². The van der Waals surface area contributed by atoms with Gasteiger partial charge in [-0.1, -0.05) is 146 Å². The van der Waals surface area contributed by atoms with Crippen molar-refractivity contribution < 1.29 is 0 Å². The third-order valence-corrected chi connectivity index (χ3v) is 10.5. The lowest BCUT2D eigenvalue weighted by Gasteiger charge is -2.15. The Bertz CT molecular complexity index is 2980. The van der Waals surface area contributed by atoms with Gasteiger partial charge in [0.25, 0.3) is 0 Å². The van der Waals surface area contributed by atoms with E-state index in [1.54, 1.807) is 0 Å². The van der Waals surface area contributed by atoms with Crippen molar-refractivity contribution >= 4 is 86.2 Å². The zero-order valence-corrected chi connectivity index (χ0v) is 25.0. The highest BCUT2D eigenvalue weighted by Crippen LogP contribution is 2.42. The van der Waals surface area contributed by atoms with Gasteiger partial charge in [-0.2, -0.15) is 0 Å². The average Bonchev–Trinajstić information content (AvgIpc) is 3.12. The van der Waals surface area contributed by atoms with Crippen molar-refractivity contribution in [3.05, 3.63) is 158 Å². The van der Waals surface area contributed by atoms with Crippen LogP contribution in [0.3, 0.4) is 0 Å². The topological polar surface area (TPSA) is 0 Å². The number of fused-ring (bicyclic) bond motifs is 3. The second kappa shape index (κ2) is 8.81. The standard InChI is InChI=1S/C46H26/c1-3-28-9-11-32-15-20-37(40-23-17-30(5-1)43(28)45(32)40)35-19-22-39-34(25-35)13-7-27-8-14-36(26-42(27)39)38-21-16-33-12-10-29-4-2-6-31-18-24-41(38)46(33)44(29)31/h1-26H. The summed E-state index contributed by atoms with van der Waals surface area (Å²) in [6, 6.07) is 59.2. The van der Waals surface area contributed by atoms with E-state index in [4.69, 9.17) is 0 Å². The first-order chi connectivity index (χ1) is 22.8. The molecule has 0 N–H and O–H groups in total. The summed E-state index contributed by atoms with van der Waals surface area (Å²) in [5, 5.41) is 21.0. The van der Waals surface area contributed by atoms with Gasteiger partial charge in [-0.25, -0.2) is 0 Å². The third kappa shape index (κ3) is 3.23. The summed E-state index contributed by atoms with van der Waals surface area (Å²) in [7, 11) is 0. The fourth-order valence-corrected chi connectivity index (χ4v) is 8.37. The van der Waals surface area contributed by atoms with E-state index in [2.05, 4.69) is 158 Å². The highest BCUT2D eigenvalue weighted by atomic mass is 14.2. The predicted octanol–water partition coefficient (Wildman–Crippen LogP) is 13.1. The molecule has 0 aromatic heterocycles. The zero-order valence-electron chi connectivity index (χ0n) is 25.0. The van der Waals surface area contributed by atoms with Crippen molar-refractivity contribution in [3.8, 4) is 22.3 Å². The smallest absolute Gasteiger partial charge is 0.00206 e. The fourth-order valence-electron chi connectivity index (χ4n) is 8.37. The molecule has 11 rings (SSSR count). The Morgan fingerprint density at radius 3 is 1.20 bits per heavy atom. The van der Waals surface area contributed by atoms with Crippen LogP contribution in [0.4, 0.5) is 0 Å². The van der Waals surface area contributed by atoms with E-state index < -0.39 is 0 Å². The maximum Gasteiger partial charge on any atom is -0.00206 e. The molecular formula is C46H26. The van der Waals surface area contributed by atoms with Gasteiger partial charge in [0.15, 0.2) is 0 Å². The molecule has 0 radical (unpaired) electrons. The van der Waals surface area contributed by atoms with Gasteiger partial charge >= 0.3 is 0 Å². The molecule has 46 heavy (non-hydrogen) atoms. The van der Waals surface area contributed by atoms with Crippen LogP contribution in [0.25, 0.3) is 108 Å². The molecule has 0 aliphatic rings. The van der Waals surface area contributed by atoms with Gasteiger partial charge < -0.3 is 0 Å². The molecule has 0 spiro atoms. The molecule has 11 aromatic rings. The van der Waals surface area contributed by atoms with Crippen molar-refractivity contribution in [2.75, 3.05) is 0 Å². The number of hydrogen-bond acceptors (Lipinski definition) is 0. The van der Waals surface area contributed by atoms with Crippen LogP contribution < -0.4 is 0 Å². The van der Waals surface area contributed by atoms with Gasteiger partial charge in [-0.05, 0) is 121 Å². The molecule has 0 aliphatic carbocycles. The van der Waals surface area contributed by atoms with Gasteiger partial charge in [0, 0.05) is 0 Å². The molecule has 0 saturated heterocycles. The van der Waals surface area contributed by atoms with Crippen LogP contribution in [0.5, 0.6) is 0 Å². The monoisotopic (exact) mass is 578 g/mol. The van der Waals surface area contributed by atoms with Crippen LogP contribution in [-0.4, -0.2) is 0 Å². The van der Waals surface area contributed by atoms with Crippen molar-refractivity contribution in [1.82, 2.24) is 0 Å². The normalized spacial score (nSPS) is 12.3. The maximum atomic E-state index is 2.40. The highest BCUT2D eigenvalue weighted by molar-refractivity contribution is 6.27. The Kier molecular flexibility index (Phi) is 4.66. The minimum atomic E-state index is 1.26. The van der Waals surface area contributed by atoms with Crippen LogP contribution in [0.15, 0.2) is 158 Å². The van der Waals surface area contributed by atoms with Crippen molar-refractivity contribution in [2.24, 2.45) is 0 Å². The Morgan fingerprint density at radius 1 is 0.217 bits per heavy atom. The summed E-state index contributed by atoms with van der Waals surface area (Å²) >= 11 is 0. The fraction of sp³-hybridized carbons (Fsp3) is 0. The third-order valence-electron chi connectivity index (χ3n) is 10.5. The van der Waals surface area contributed by atoms with Crippen LogP contribution in [-0.2, 0) is 0 Å². The van der Waals surface area contributed by atoms with Gasteiger partial charge in [0.1, 0.15) is 0 Å². The summed E-state index contributed by atoms with van der Waals surface area (Å²) < 4.78 is 0. The van der Waals surface area contributed by atoms with Crippen molar-refractivity contribution in [3.63, 3.8) is 0 Å². The van der Waals surface area contributed by atoms with E-state index >= 15 is 0 Å². The Hall–Kier alpha value is -5.98. The predicted molar refractivity (Wildman–Crippen MR) is 200 cm³/mol. The molecule has 0 heteroatoms. The highest BCUT2D eigenvalue weighted by Gasteiger charge is 2.15. The largest absolute Gasteiger partial charge is 0.0610 e. The quantitative estimate of drug-likeness (QED) is 0.179. The first-order valence-corrected chi connectivity index (χ1v) is 16.1. The molecule has 0 saturated carbocycles. The van der Waals surface area contributed by atoms with Crippen LogP contribution in [0.1, 0.15) is 0 Å². The lowest BCUT2D eigenvalue weighted by atomic mass is 9.88. The molecule has 0 fully saturated rings. The molecule has 11 aromatic carbocycles. The lowest BCUT2D eigenvalue weighted by molar-refractivity contribution is 1.69. The first-order valence-electron chi connectivity index (χ1n) is 16.1. The molecule has 0 atom stereocenters. The van der Waals surface area contributed by atoms with Crippen molar-refractivity contribution in [2.45, 2.75) is 0 Å². The molecule has 0 nitrogen and oxygen atoms in total. The summed E-state index contributed by atoms with van der Waals surface area (Å²) in [5.74, 6) is 0. The molecule has 0 aliphatic heterocycles. The minimum absolute atomic E-state index is 1.26. The minimum Gasteiger partial charge on any atom is -0.0610 e. The number of hydrogen-bond donors (Lipinski definition) is 0. The molecule has 0 unspecified atom stereocenters. The van der Waals surface area contributed by atoms with Crippen LogP contribution in [0.2, 0.25) is 0 Å². The molecule has 0 amide bonds. The second-order valence-corrected chi connectivity index (χ2v) is 12.9. The van der Waals surface area contributed by atoms with E-state index in [0.29, 0.717) is 0 Å². The van der Waals surface area contributed by atoms with E-state index in [9.17, 15) is 0 Å². The molecule has 0 heterocycles. The summed E-state index contributed by atoms with van der Waals surface area (Å²) in [6.07, 6.45) is 0. The van der Waals surface area contributed by atoms with Gasteiger partial charge in [0.05, 0.1) is 0 Å². The molecule has 0 bridgehead atoms. The summed E-state index contributed by atoms with van der Waals surface area (Å²) in [4.78, 5) is 0. The van der Waals surface area contributed by atoms with Gasteiger partial charge in [-0.3, -0.25) is 0 Å². The average molecular weight is 579 g/mol. The lowest BCUT2D eigenvalue weighted by Crippen LogP contribution is -1.88. The van der Waals surface area contributed by atoms with Gasteiger partial charge in [-0.15, -0.1) is 0 Å². The van der Waals surface area contributed by atoms with E-state index in [1.165, 1.54) is 108 Å². The van der Waals surface area contributed by atoms with Crippen LogP contribution in [0, 0.1) is 0 Å². The first kappa shape index (κ1) is 24.4.